The van der Waals surface area contributed by atoms with Crippen LogP contribution in [0, 0.1) is 0 Å². The molecule has 1 aromatic carbocycles. The van der Waals surface area contributed by atoms with Gasteiger partial charge in [0, 0.05) is 35.0 Å². The normalized spacial score (nSPS) is 13.3. The quantitative estimate of drug-likeness (QED) is 0.825. The molecule has 1 aliphatic rings. The van der Waals surface area contributed by atoms with Gasteiger partial charge in [-0.25, -0.2) is 0 Å². The van der Waals surface area contributed by atoms with E-state index in [1.54, 1.807) is 11.3 Å². The Labute approximate surface area is 132 Å². The molecule has 0 saturated carbocycles. The Bertz CT molecular complexity index is 612. The molecule has 2 nitrogen and oxygen atoms in total. The van der Waals surface area contributed by atoms with Gasteiger partial charge in [-0.3, -0.25) is 0 Å². The molecule has 0 fully saturated rings. The van der Waals surface area contributed by atoms with E-state index in [2.05, 4.69) is 11.4 Å². The van der Waals surface area contributed by atoms with E-state index < -0.39 is 0 Å². The van der Waals surface area contributed by atoms with Crippen molar-refractivity contribution in [3.05, 3.63) is 49.6 Å². The first-order chi connectivity index (χ1) is 9.72. The Morgan fingerprint density at radius 1 is 1.25 bits per heavy atom. The van der Waals surface area contributed by atoms with Crippen molar-refractivity contribution in [1.29, 1.82) is 0 Å². The number of ether oxygens (including phenoxy) is 1. The van der Waals surface area contributed by atoms with Crippen LogP contribution in [0.3, 0.4) is 0 Å². The first-order valence-corrected chi connectivity index (χ1v) is 8.18. The van der Waals surface area contributed by atoms with Crippen molar-refractivity contribution in [3.8, 4) is 5.75 Å². The largest absolute Gasteiger partial charge is 0.493 e. The minimum Gasteiger partial charge on any atom is -0.493 e. The predicted octanol–water partition coefficient (Wildman–Crippen LogP) is 4.32. The second kappa shape index (κ2) is 6.35. The number of halogens is 2. The SMILES string of the molecule is Clc1cc2c(c(CNCCc3ccc(Cl)s3)c1)OCC2. The number of thiophene rings is 1. The van der Waals surface area contributed by atoms with Gasteiger partial charge >= 0.3 is 0 Å². The molecule has 0 radical (unpaired) electrons. The maximum Gasteiger partial charge on any atom is 0.127 e. The summed E-state index contributed by atoms with van der Waals surface area (Å²) in [7, 11) is 0. The molecule has 106 valence electrons. The van der Waals surface area contributed by atoms with Gasteiger partial charge in [-0.05, 0) is 36.2 Å². The smallest absolute Gasteiger partial charge is 0.127 e. The van der Waals surface area contributed by atoms with E-state index >= 15 is 0 Å². The second-order valence-corrected chi connectivity index (χ2v) is 7.02. The first-order valence-electron chi connectivity index (χ1n) is 6.61. The van der Waals surface area contributed by atoms with Gasteiger partial charge in [-0.1, -0.05) is 23.2 Å². The van der Waals surface area contributed by atoms with Crippen molar-refractivity contribution in [1.82, 2.24) is 5.32 Å². The molecule has 0 unspecified atom stereocenters. The second-order valence-electron chi connectivity index (χ2n) is 4.78. The lowest BCUT2D eigenvalue weighted by atomic mass is 10.1. The highest BCUT2D eigenvalue weighted by molar-refractivity contribution is 7.16. The van der Waals surface area contributed by atoms with Crippen molar-refractivity contribution in [2.24, 2.45) is 0 Å². The molecular weight excluding hydrogens is 313 g/mol. The number of nitrogens with one attached hydrogen (secondary N) is 1. The highest BCUT2D eigenvalue weighted by Gasteiger charge is 2.17. The summed E-state index contributed by atoms with van der Waals surface area (Å²) in [6.45, 7) is 2.45. The number of fused-ring (bicyclic) bond motifs is 1. The molecule has 0 aliphatic carbocycles. The molecule has 0 bridgehead atoms. The third kappa shape index (κ3) is 3.29. The number of benzene rings is 1. The molecule has 2 aromatic rings. The van der Waals surface area contributed by atoms with Crippen molar-refractivity contribution in [2.75, 3.05) is 13.2 Å². The van der Waals surface area contributed by atoms with Gasteiger partial charge in [-0.15, -0.1) is 11.3 Å². The van der Waals surface area contributed by atoms with Crippen LogP contribution in [0.1, 0.15) is 16.0 Å². The van der Waals surface area contributed by atoms with Crippen molar-refractivity contribution in [3.63, 3.8) is 0 Å². The minimum absolute atomic E-state index is 0.760. The maximum atomic E-state index is 6.14. The molecule has 2 heterocycles. The summed E-state index contributed by atoms with van der Waals surface area (Å²) in [6.07, 6.45) is 1.94. The fourth-order valence-electron chi connectivity index (χ4n) is 2.40. The van der Waals surface area contributed by atoms with Crippen molar-refractivity contribution < 1.29 is 4.74 Å². The van der Waals surface area contributed by atoms with Crippen LogP contribution < -0.4 is 10.1 Å². The third-order valence-corrected chi connectivity index (χ3v) is 4.83. The van der Waals surface area contributed by atoms with E-state index in [1.165, 1.54) is 10.4 Å². The average Bonchev–Trinajstić information content (AvgIpc) is 3.03. The van der Waals surface area contributed by atoms with Crippen LogP contribution in [0.15, 0.2) is 24.3 Å². The van der Waals surface area contributed by atoms with Gasteiger partial charge in [0.2, 0.25) is 0 Å². The third-order valence-electron chi connectivity index (χ3n) is 3.32. The zero-order valence-corrected chi connectivity index (χ0v) is 13.2. The van der Waals surface area contributed by atoms with E-state index in [0.29, 0.717) is 0 Å². The topological polar surface area (TPSA) is 21.3 Å². The molecule has 1 N–H and O–H groups in total. The summed E-state index contributed by atoms with van der Waals surface area (Å²) >= 11 is 13.7. The fraction of sp³-hybridized carbons (Fsp3) is 0.333. The van der Waals surface area contributed by atoms with E-state index in [0.717, 1.165) is 53.2 Å². The van der Waals surface area contributed by atoms with Gasteiger partial charge in [-0.2, -0.15) is 0 Å². The van der Waals surface area contributed by atoms with Crippen LogP contribution in [-0.2, 0) is 19.4 Å². The van der Waals surface area contributed by atoms with Crippen molar-refractivity contribution >= 4 is 34.5 Å². The molecule has 0 atom stereocenters. The van der Waals surface area contributed by atoms with Crippen molar-refractivity contribution in [2.45, 2.75) is 19.4 Å². The van der Waals surface area contributed by atoms with E-state index in [1.807, 2.05) is 18.2 Å². The molecule has 5 heteroatoms. The molecule has 20 heavy (non-hydrogen) atoms. The van der Waals surface area contributed by atoms with E-state index in [-0.39, 0.29) is 0 Å². The predicted molar refractivity (Wildman–Crippen MR) is 85.4 cm³/mol. The van der Waals surface area contributed by atoms with E-state index in [4.69, 9.17) is 27.9 Å². The van der Waals surface area contributed by atoms with E-state index in [9.17, 15) is 0 Å². The maximum absolute atomic E-state index is 6.14. The fourth-order valence-corrected chi connectivity index (χ4v) is 3.75. The van der Waals surface area contributed by atoms with Crippen LogP contribution in [0.2, 0.25) is 9.36 Å². The van der Waals surface area contributed by atoms with Gasteiger partial charge in [0.25, 0.3) is 0 Å². The summed E-state index contributed by atoms with van der Waals surface area (Å²) in [5, 5.41) is 4.23. The first kappa shape index (κ1) is 14.2. The highest BCUT2D eigenvalue weighted by Crippen LogP contribution is 2.32. The van der Waals surface area contributed by atoms with Gasteiger partial charge < -0.3 is 10.1 Å². The van der Waals surface area contributed by atoms with Gasteiger partial charge in [0.1, 0.15) is 5.75 Å². The van der Waals surface area contributed by atoms with Gasteiger partial charge in [0.15, 0.2) is 0 Å². The summed E-state index contributed by atoms with van der Waals surface area (Å²) in [5.41, 5.74) is 2.37. The molecule has 0 saturated heterocycles. The molecule has 3 rings (SSSR count). The van der Waals surface area contributed by atoms with Crippen LogP contribution in [0.4, 0.5) is 0 Å². The molecule has 1 aromatic heterocycles. The lowest BCUT2D eigenvalue weighted by Crippen LogP contribution is -2.16. The lowest BCUT2D eigenvalue weighted by Gasteiger charge is -2.10. The molecular formula is C15H15Cl2NOS. The highest BCUT2D eigenvalue weighted by atomic mass is 35.5. The Hall–Kier alpha value is -0.740. The summed E-state index contributed by atoms with van der Waals surface area (Å²) in [4.78, 5) is 1.30. The number of hydrogen-bond acceptors (Lipinski definition) is 3. The average molecular weight is 328 g/mol. The molecule has 1 aliphatic heterocycles. The lowest BCUT2D eigenvalue weighted by molar-refractivity contribution is 0.352. The summed E-state index contributed by atoms with van der Waals surface area (Å²) in [6, 6.07) is 8.01. The van der Waals surface area contributed by atoms with Crippen LogP contribution in [0.25, 0.3) is 0 Å². The van der Waals surface area contributed by atoms with Crippen LogP contribution in [-0.4, -0.2) is 13.2 Å². The van der Waals surface area contributed by atoms with Crippen LogP contribution in [0.5, 0.6) is 5.75 Å². The zero-order valence-electron chi connectivity index (χ0n) is 10.9. The zero-order chi connectivity index (χ0) is 13.9. The number of hydrogen-bond donors (Lipinski definition) is 1. The minimum atomic E-state index is 0.760. The molecule has 0 amide bonds. The van der Waals surface area contributed by atoms with Gasteiger partial charge in [0.05, 0.1) is 10.9 Å². The Kier molecular flexibility index (Phi) is 4.51. The Balaban J connectivity index is 1.56. The summed E-state index contributed by atoms with van der Waals surface area (Å²) < 4.78 is 6.54. The monoisotopic (exact) mass is 327 g/mol. The summed E-state index contributed by atoms with van der Waals surface area (Å²) in [5.74, 6) is 1.01. The van der Waals surface area contributed by atoms with Crippen LogP contribution >= 0.6 is 34.5 Å². The Morgan fingerprint density at radius 2 is 2.15 bits per heavy atom. The Morgan fingerprint density at radius 3 is 2.95 bits per heavy atom. The molecule has 0 spiro atoms. The number of rotatable bonds is 5. The standard InChI is InChI=1S/C15H15Cl2NOS/c16-12-7-10-4-6-19-15(10)11(8-12)9-18-5-3-13-1-2-14(17)20-13/h1-2,7-8,18H,3-6,9H2.